The molecule has 0 saturated carbocycles. The second-order valence-corrected chi connectivity index (χ2v) is 7.11. The zero-order valence-corrected chi connectivity index (χ0v) is 17.0. The Hall–Kier alpha value is -2.83. The number of ether oxygens (including phenoxy) is 1. The van der Waals surface area contributed by atoms with E-state index in [1.165, 1.54) is 10.7 Å². The van der Waals surface area contributed by atoms with Gasteiger partial charge in [0.25, 0.3) is 11.5 Å². The summed E-state index contributed by atoms with van der Waals surface area (Å²) in [4.78, 5) is 23.9. The van der Waals surface area contributed by atoms with Crippen LogP contribution >= 0.6 is 23.2 Å². The minimum absolute atomic E-state index is 0.107. The molecule has 0 bridgehead atoms. The molecular weight excluding hydrogens is 413 g/mol. The average Bonchev–Trinajstić information content (AvgIpc) is 2.71. The molecule has 0 aliphatic carbocycles. The molecule has 1 aromatic heterocycles. The van der Waals surface area contributed by atoms with E-state index in [1.807, 2.05) is 12.1 Å². The van der Waals surface area contributed by atoms with E-state index in [0.29, 0.717) is 41.0 Å². The molecule has 6 nitrogen and oxygen atoms in total. The van der Waals surface area contributed by atoms with Crippen molar-refractivity contribution in [2.75, 3.05) is 13.2 Å². The fraction of sp³-hybridized carbons (Fsp3) is 0.190. The van der Waals surface area contributed by atoms with E-state index < -0.39 is 0 Å². The minimum atomic E-state index is -0.250. The topological polar surface area (TPSA) is 73.2 Å². The molecule has 0 atom stereocenters. The highest BCUT2D eigenvalue weighted by Crippen LogP contribution is 2.18. The second-order valence-electron chi connectivity index (χ2n) is 6.24. The first kappa shape index (κ1) is 20.9. The van der Waals surface area contributed by atoms with E-state index in [2.05, 4.69) is 10.4 Å². The van der Waals surface area contributed by atoms with E-state index in [0.717, 1.165) is 5.56 Å². The maximum Gasteiger partial charge on any atom is 0.266 e. The van der Waals surface area contributed by atoms with Gasteiger partial charge in [-0.3, -0.25) is 9.59 Å². The van der Waals surface area contributed by atoms with Crippen molar-refractivity contribution in [3.8, 4) is 17.0 Å². The van der Waals surface area contributed by atoms with Crippen LogP contribution < -0.4 is 15.6 Å². The molecule has 0 radical (unpaired) electrons. The summed E-state index contributed by atoms with van der Waals surface area (Å²) < 4.78 is 6.77. The van der Waals surface area contributed by atoms with Crippen LogP contribution in [0.15, 0.2) is 65.5 Å². The van der Waals surface area contributed by atoms with E-state index in [1.54, 1.807) is 42.5 Å². The Bertz CT molecular complexity index is 1040. The first-order chi connectivity index (χ1) is 14.0. The zero-order valence-electron chi connectivity index (χ0n) is 15.5. The van der Waals surface area contributed by atoms with Gasteiger partial charge in [0.1, 0.15) is 5.75 Å². The predicted molar refractivity (Wildman–Crippen MR) is 114 cm³/mol. The van der Waals surface area contributed by atoms with Gasteiger partial charge in [-0.15, -0.1) is 0 Å². The SMILES string of the molecule is O=C(COc1cccc(Cl)c1)NCCCn1nc(-c2ccc(Cl)cc2)ccc1=O. The van der Waals surface area contributed by atoms with Crippen molar-refractivity contribution in [3.05, 3.63) is 81.1 Å². The summed E-state index contributed by atoms with van der Waals surface area (Å²) in [5.41, 5.74) is 1.35. The van der Waals surface area contributed by atoms with Crippen molar-refractivity contribution in [2.24, 2.45) is 0 Å². The summed E-state index contributed by atoms with van der Waals surface area (Å²) in [6.07, 6.45) is 0.555. The third-order valence-electron chi connectivity index (χ3n) is 4.04. The Morgan fingerprint density at radius 3 is 2.59 bits per heavy atom. The Kier molecular flexibility index (Phi) is 7.27. The fourth-order valence-corrected chi connectivity index (χ4v) is 2.90. The highest BCUT2D eigenvalue weighted by Gasteiger charge is 2.06. The normalized spacial score (nSPS) is 10.6. The standard InChI is InChI=1S/C21H19Cl2N3O3/c22-16-7-5-15(6-8-16)19-9-10-21(28)26(25-19)12-2-11-24-20(27)14-29-18-4-1-3-17(23)13-18/h1,3-10,13H,2,11-12,14H2,(H,24,27). The molecule has 29 heavy (non-hydrogen) atoms. The van der Waals surface area contributed by atoms with Gasteiger partial charge in [0, 0.05) is 34.8 Å². The third kappa shape index (κ3) is 6.34. The van der Waals surface area contributed by atoms with E-state index in [-0.39, 0.29) is 18.1 Å². The lowest BCUT2D eigenvalue weighted by atomic mass is 10.1. The Morgan fingerprint density at radius 2 is 1.83 bits per heavy atom. The largest absolute Gasteiger partial charge is 0.484 e. The van der Waals surface area contributed by atoms with Crippen molar-refractivity contribution >= 4 is 29.1 Å². The van der Waals surface area contributed by atoms with Crippen molar-refractivity contribution in [2.45, 2.75) is 13.0 Å². The molecule has 0 saturated heterocycles. The number of aromatic nitrogens is 2. The third-order valence-corrected chi connectivity index (χ3v) is 4.53. The summed E-state index contributed by atoms with van der Waals surface area (Å²) in [5, 5.41) is 8.32. The lowest BCUT2D eigenvalue weighted by Crippen LogP contribution is -2.31. The van der Waals surface area contributed by atoms with Crippen LogP contribution in [-0.2, 0) is 11.3 Å². The van der Waals surface area contributed by atoms with Gasteiger partial charge in [0.05, 0.1) is 5.69 Å². The van der Waals surface area contributed by atoms with E-state index >= 15 is 0 Å². The molecule has 0 spiro atoms. The Morgan fingerprint density at radius 1 is 1.03 bits per heavy atom. The number of hydrogen-bond acceptors (Lipinski definition) is 4. The highest BCUT2D eigenvalue weighted by molar-refractivity contribution is 6.30. The summed E-state index contributed by atoms with van der Waals surface area (Å²) >= 11 is 11.8. The van der Waals surface area contributed by atoms with E-state index in [4.69, 9.17) is 27.9 Å². The van der Waals surface area contributed by atoms with Crippen molar-refractivity contribution in [1.82, 2.24) is 15.1 Å². The summed E-state index contributed by atoms with van der Waals surface area (Å²) in [5.74, 6) is 0.280. The Balaban J connectivity index is 1.47. The number of aryl methyl sites for hydroxylation is 1. The van der Waals surface area contributed by atoms with Gasteiger partial charge in [-0.25, -0.2) is 4.68 Å². The quantitative estimate of drug-likeness (QED) is 0.550. The maximum absolute atomic E-state index is 12.0. The van der Waals surface area contributed by atoms with Gasteiger partial charge >= 0.3 is 0 Å². The van der Waals surface area contributed by atoms with Gasteiger partial charge in [-0.1, -0.05) is 41.4 Å². The lowest BCUT2D eigenvalue weighted by Gasteiger charge is -2.09. The molecule has 3 rings (SSSR count). The zero-order chi connectivity index (χ0) is 20.6. The second kappa shape index (κ2) is 10.1. The van der Waals surface area contributed by atoms with Crippen LogP contribution in [0.25, 0.3) is 11.3 Å². The van der Waals surface area contributed by atoms with Crippen LogP contribution in [0.4, 0.5) is 0 Å². The maximum atomic E-state index is 12.0. The fourth-order valence-electron chi connectivity index (χ4n) is 2.60. The monoisotopic (exact) mass is 431 g/mol. The van der Waals surface area contributed by atoms with Gasteiger partial charge < -0.3 is 10.1 Å². The van der Waals surface area contributed by atoms with Crippen LogP contribution in [-0.4, -0.2) is 28.8 Å². The van der Waals surface area contributed by atoms with Crippen molar-refractivity contribution in [3.63, 3.8) is 0 Å². The minimum Gasteiger partial charge on any atom is -0.484 e. The van der Waals surface area contributed by atoms with Gasteiger partial charge in [-0.2, -0.15) is 5.10 Å². The lowest BCUT2D eigenvalue weighted by molar-refractivity contribution is -0.123. The molecule has 1 N–H and O–H groups in total. The number of carbonyl (C=O) groups is 1. The molecule has 3 aromatic rings. The first-order valence-corrected chi connectivity index (χ1v) is 9.76. The van der Waals surface area contributed by atoms with Gasteiger partial charge in [-0.05, 0) is 42.8 Å². The number of halogens is 2. The van der Waals surface area contributed by atoms with Crippen LogP contribution in [0.1, 0.15) is 6.42 Å². The molecule has 8 heteroatoms. The molecule has 2 aromatic carbocycles. The van der Waals surface area contributed by atoms with E-state index in [9.17, 15) is 9.59 Å². The van der Waals surface area contributed by atoms with Crippen LogP contribution in [0.5, 0.6) is 5.75 Å². The molecular formula is C21H19Cl2N3O3. The smallest absolute Gasteiger partial charge is 0.266 e. The molecule has 0 unspecified atom stereocenters. The number of carbonyl (C=O) groups excluding carboxylic acids is 1. The summed E-state index contributed by atoms with van der Waals surface area (Å²) in [7, 11) is 0. The molecule has 150 valence electrons. The average molecular weight is 432 g/mol. The molecule has 1 amide bonds. The number of amides is 1. The molecule has 0 fully saturated rings. The summed E-state index contributed by atoms with van der Waals surface area (Å²) in [6, 6.07) is 17.2. The summed E-state index contributed by atoms with van der Waals surface area (Å²) in [6.45, 7) is 0.678. The molecule has 1 heterocycles. The van der Waals surface area contributed by atoms with Gasteiger partial charge in [0.2, 0.25) is 0 Å². The Labute approximate surface area is 178 Å². The van der Waals surface area contributed by atoms with Gasteiger partial charge in [0.15, 0.2) is 6.61 Å². The number of nitrogens with one attached hydrogen (secondary N) is 1. The number of benzene rings is 2. The van der Waals surface area contributed by atoms with Crippen molar-refractivity contribution < 1.29 is 9.53 Å². The highest BCUT2D eigenvalue weighted by atomic mass is 35.5. The first-order valence-electron chi connectivity index (χ1n) is 9.00. The molecule has 0 aliphatic heterocycles. The van der Waals surface area contributed by atoms with Crippen LogP contribution in [0.3, 0.4) is 0 Å². The van der Waals surface area contributed by atoms with Crippen LogP contribution in [0, 0.1) is 0 Å². The predicted octanol–water partition coefficient (Wildman–Crippen LogP) is 3.80. The van der Waals surface area contributed by atoms with Crippen LogP contribution in [0.2, 0.25) is 10.0 Å². The number of rotatable bonds is 8. The molecule has 0 aliphatic rings. The van der Waals surface area contributed by atoms with Crippen molar-refractivity contribution in [1.29, 1.82) is 0 Å². The number of hydrogen-bond donors (Lipinski definition) is 1. The number of nitrogens with zero attached hydrogens (tertiary/aromatic N) is 2.